The Balaban J connectivity index is 0.00000304. The standard InChI is InChI=1S/C25H25N5O4S.H2/c1-16-23(25-30-29-24(34-25)19-5-3-17(4-6-19)13-26-2)28-22(14-27-16)18-7-9-20(10-8-18)35(31,32)21-11-12-33-15-21;/h3-10,14,21,26H,11-13,15H2,1-2H3;1H. The Morgan fingerprint density at radius 3 is 2.43 bits per heavy atom. The van der Waals surface area contributed by atoms with Gasteiger partial charge in [0, 0.05) is 25.7 Å². The van der Waals surface area contributed by atoms with Gasteiger partial charge in [-0.3, -0.25) is 4.98 Å². The monoisotopic (exact) mass is 493 g/mol. The molecular formula is C25H27N5O4S. The maximum Gasteiger partial charge on any atom is 0.268 e. The summed E-state index contributed by atoms with van der Waals surface area (Å²) in [5, 5.41) is 11.0. The fraction of sp³-hybridized carbons (Fsp3) is 0.280. The number of sulfone groups is 1. The lowest BCUT2D eigenvalue weighted by Crippen LogP contribution is -2.21. The number of benzene rings is 2. The molecule has 3 heterocycles. The zero-order valence-corrected chi connectivity index (χ0v) is 20.2. The third-order valence-electron chi connectivity index (χ3n) is 5.97. The van der Waals surface area contributed by atoms with E-state index >= 15 is 0 Å². The van der Waals surface area contributed by atoms with Crippen LogP contribution in [0.15, 0.2) is 64.0 Å². The number of ether oxygens (including phenoxy) is 1. The van der Waals surface area contributed by atoms with Gasteiger partial charge in [0.2, 0.25) is 5.89 Å². The predicted molar refractivity (Wildman–Crippen MR) is 132 cm³/mol. The number of rotatable bonds is 7. The minimum atomic E-state index is -3.42. The quantitative estimate of drug-likeness (QED) is 0.411. The topological polar surface area (TPSA) is 120 Å². The molecule has 1 atom stereocenters. The van der Waals surface area contributed by atoms with Gasteiger partial charge in [-0.25, -0.2) is 13.4 Å². The molecule has 0 amide bonds. The predicted octanol–water partition coefficient (Wildman–Crippen LogP) is 3.70. The summed E-state index contributed by atoms with van der Waals surface area (Å²) in [5.74, 6) is 0.666. The average Bonchev–Trinajstić information content (AvgIpc) is 3.59. The maximum atomic E-state index is 12.8. The first kappa shape index (κ1) is 23.3. The first-order chi connectivity index (χ1) is 17.0. The number of hydrogen-bond acceptors (Lipinski definition) is 9. The van der Waals surface area contributed by atoms with E-state index < -0.39 is 15.1 Å². The van der Waals surface area contributed by atoms with Gasteiger partial charge in [0.15, 0.2) is 9.84 Å². The molecule has 5 rings (SSSR count). The van der Waals surface area contributed by atoms with Crippen LogP contribution in [0.2, 0.25) is 0 Å². The van der Waals surface area contributed by atoms with Gasteiger partial charge in [0.25, 0.3) is 5.89 Å². The molecule has 1 N–H and O–H groups in total. The minimum Gasteiger partial charge on any atom is -0.415 e. The van der Waals surface area contributed by atoms with E-state index in [1.807, 2.05) is 38.2 Å². The lowest BCUT2D eigenvalue weighted by Gasteiger charge is -2.10. The first-order valence-corrected chi connectivity index (χ1v) is 12.8. The summed E-state index contributed by atoms with van der Waals surface area (Å²) in [5.41, 5.74) is 4.41. The van der Waals surface area contributed by atoms with Crippen molar-refractivity contribution in [3.05, 3.63) is 66.0 Å². The number of aryl methyl sites for hydroxylation is 1. The van der Waals surface area contributed by atoms with Crippen LogP contribution in [-0.4, -0.2) is 54.1 Å². The van der Waals surface area contributed by atoms with Crippen LogP contribution >= 0.6 is 0 Å². The van der Waals surface area contributed by atoms with Gasteiger partial charge in [-0.1, -0.05) is 24.3 Å². The summed E-state index contributed by atoms with van der Waals surface area (Å²) in [6.45, 7) is 3.31. The number of nitrogens with one attached hydrogen (secondary N) is 1. The molecule has 0 saturated carbocycles. The molecule has 1 saturated heterocycles. The molecule has 1 unspecified atom stereocenters. The van der Waals surface area contributed by atoms with E-state index in [-0.39, 0.29) is 18.8 Å². The third-order valence-corrected chi connectivity index (χ3v) is 8.15. The van der Waals surface area contributed by atoms with Crippen molar-refractivity contribution in [2.24, 2.45) is 0 Å². The number of hydrogen-bond donors (Lipinski definition) is 1. The molecule has 2 aromatic heterocycles. The highest BCUT2D eigenvalue weighted by atomic mass is 32.2. The summed E-state index contributed by atoms with van der Waals surface area (Å²) in [7, 11) is -1.52. The number of nitrogens with zero attached hydrogens (tertiary/aromatic N) is 4. The first-order valence-electron chi connectivity index (χ1n) is 11.3. The van der Waals surface area contributed by atoms with E-state index in [2.05, 4.69) is 20.5 Å². The van der Waals surface area contributed by atoms with Gasteiger partial charge in [-0.15, -0.1) is 10.2 Å². The van der Waals surface area contributed by atoms with Crippen molar-refractivity contribution in [3.8, 4) is 34.3 Å². The van der Waals surface area contributed by atoms with Crippen LogP contribution in [0, 0.1) is 6.92 Å². The normalized spacial score (nSPS) is 16.0. The van der Waals surface area contributed by atoms with Gasteiger partial charge in [0.1, 0.15) is 5.69 Å². The summed E-state index contributed by atoms with van der Waals surface area (Å²) in [6, 6.07) is 14.6. The molecule has 0 aliphatic carbocycles. The van der Waals surface area contributed by atoms with Crippen molar-refractivity contribution in [1.29, 1.82) is 0 Å². The molecule has 10 heteroatoms. The molecule has 0 radical (unpaired) electrons. The Labute approximate surface area is 205 Å². The molecule has 1 fully saturated rings. The minimum absolute atomic E-state index is 0. The molecule has 182 valence electrons. The van der Waals surface area contributed by atoms with E-state index in [4.69, 9.17) is 14.1 Å². The Morgan fingerprint density at radius 2 is 1.74 bits per heavy atom. The van der Waals surface area contributed by atoms with Crippen molar-refractivity contribution in [3.63, 3.8) is 0 Å². The Bertz CT molecular complexity index is 1430. The van der Waals surface area contributed by atoms with Crippen LogP contribution in [0.4, 0.5) is 0 Å². The van der Waals surface area contributed by atoms with Gasteiger partial charge in [0.05, 0.1) is 34.3 Å². The summed E-state index contributed by atoms with van der Waals surface area (Å²) >= 11 is 0. The average molecular weight is 494 g/mol. The van der Waals surface area contributed by atoms with Crippen LogP contribution in [0.3, 0.4) is 0 Å². The van der Waals surface area contributed by atoms with E-state index in [0.717, 1.165) is 23.2 Å². The highest BCUT2D eigenvalue weighted by Crippen LogP contribution is 2.28. The fourth-order valence-electron chi connectivity index (χ4n) is 3.96. The van der Waals surface area contributed by atoms with Crippen LogP contribution < -0.4 is 5.32 Å². The Kier molecular flexibility index (Phi) is 6.42. The zero-order chi connectivity index (χ0) is 24.4. The zero-order valence-electron chi connectivity index (χ0n) is 19.4. The van der Waals surface area contributed by atoms with Gasteiger partial charge in [-0.05, 0) is 50.2 Å². The van der Waals surface area contributed by atoms with E-state index in [1.165, 1.54) is 0 Å². The van der Waals surface area contributed by atoms with Gasteiger partial charge in [-0.2, -0.15) is 0 Å². The molecule has 9 nitrogen and oxygen atoms in total. The van der Waals surface area contributed by atoms with Crippen molar-refractivity contribution in [2.75, 3.05) is 20.3 Å². The van der Waals surface area contributed by atoms with Crippen molar-refractivity contribution < 1.29 is 19.0 Å². The van der Waals surface area contributed by atoms with Gasteiger partial charge < -0.3 is 14.5 Å². The summed E-state index contributed by atoms with van der Waals surface area (Å²) in [4.78, 5) is 9.42. The van der Waals surface area contributed by atoms with Gasteiger partial charge >= 0.3 is 0 Å². The van der Waals surface area contributed by atoms with Crippen molar-refractivity contribution in [2.45, 2.75) is 30.0 Å². The van der Waals surface area contributed by atoms with Crippen LogP contribution in [0.25, 0.3) is 34.3 Å². The van der Waals surface area contributed by atoms with Crippen molar-refractivity contribution in [1.82, 2.24) is 25.5 Å². The van der Waals surface area contributed by atoms with E-state index in [1.54, 1.807) is 30.5 Å². The molecule has 1 aliphatic rings. The lowest BCUT2D eigenvalue weighted by molar-refractivity contribution is 0.198. The Hall–Kier alpha value is -3.47. The second-order valence-electron chi connectivity index (χ2n) is 8.38. The molecule has 0 bridgehead atoms. The van der Waals surface area contributed by atoms with Crippen LogP contribution in [0.1, 0.15) is 19.1 Å². The molecule has 1 aliphatic heterocycles. The van der Waals surface area contributed by atoms with E-state index in [9.17, 15) is 8.42 Å². The highest BCUT2D eigenvalue weighted by molar-refractivity contribution is 7.92. The second kappa shape index (κ2) is 9.65. The second-order valence-corrected chi connectivity index (χ2v) is 10.6. The SMILES string of the molecule is CNCc1ccc(-c2nnc(-c3nc(-c4ccc(S(=O)(=O)C5CCOC5)cc4)cnc3C)o2)cc1.[HH]. The molecule has 0 spiro atoms. The Morgan fingerprint density at radius 1 is 1.03 bits per heavy atom. The molecule has 35 heavy (non-hydrogen) atoms. The largest absolute Gasteiger partial charge is 0.415 e. The smallest absolute Gasteiger partial charge is 0.268 e. The fourth-order valence-corrected chi connectivity index (χ4v) is 5.54. The van der Waals surface area contributed by atoms with Crippen LogP contribution in [0.5, 0.6) is 0 Å². The molecule has 2 aromatic carbocycles. The van der Waals surface area contributed by atoms with E-state index in [0.29, 0.717) is 36.0 Å². The summed E-state index contributed by atoms with van der Waals surface area (Å²) < 4.78 is 36.8. The maximum absolute atomic E-state index is 12.8. The number of aromatic nitrogens is 4. The molecule has 4 aromatic rings. The highest BCUT2D eigenvalue weighted by Gasteiger charge is 2.31. The molecular weight excluding hydrogens is 466 g/mol. The third kappa shape index (κ3) is 4.72. The van der Waals surface area contributed by atoms with Crippen LogP contribution in [-0.2, 0) is 21.1 Å². The van der Waals surface area contributed by atoms with Crippen molar-refractivity contribution >= 4 is 9.84 Å². The summed E-state index contributed by atoms with van der Waals surface area (Å²) in [6.07, 6.45) is 2.16. The lowest BCUT2D eigenvalue weighted by atomic mass is 10.1.